The van der Waals surface area contributed by atoms with Gasteiger partial charge in [0.15, 0.2) is 5.79 Å². The van der Waals surface area contributed by atoms with Crippen molar-refractivity contribution in [3.63, 3.8) is 0 Å². The molecule has 0 aromatic heterocycles. The Hall–Kier alpha value is -1.40. The molecule has 2 amide bonds. The minimum absolute atomic E-state index is 0.0393. The second-order valence-electron chi connectivity index (χ2n) is 7.06. The highest BCUT2D eigenvalue weighted by Crippen LogP contribution is 2.34. The number of ether oxygens (including phenoxy) is 2. The molecule has 2 aliphatic heterocycles. The van der Waals surface area contributed by atoms with E-state index in [1.807, 2.05) is 17.1 Å². The number of carbonyl (C=O) groups excluding carboxylic acids is 2. The van der Waals surface area contributed by atoms with Gasteiger partial charge >= 0.3 is 0 Å². The maximum absolute atomic E-state index is 13.0. The summed E-state index contributed by atoms with van der Waals surface area (Å²) in [7, 11) is 0. The van der Waals surface area contributed by atoms with Crippen LogP contribution in [0, 0.1) is 11.8 Å². The molecular formula is C17H24N2O4. The molecular weight excluding hydrogens is 296 g/mol. The van der Waals surface area contributed by atoms with Crippen LogP contribution in [0.15, 0.2) is 12.2 Å². The molecule has 2 heterocycles. The third-order valence-electron chi connectivity index (χ3n) is 5.33. The van der Waals surface area contributed by atoms with E-state index >= 15 is 0 Å². The second-order valence-corrected chi connectivity index (χ2v) is 7.06. The van der Waals surface area contributed by atoms with Crippen molar-refractivity contribution in [2.75, 3.05) is 26.3 Å². The second kappa shape index (κ2) is 5.91. The molecule has 1 saturated carbocycles. The zero-order chi connectivity index (χ0) is 15.9. The maximum atomic E-state index is 13.0. The molecule has 3 fully saturated rings. The van der Waals surface area contributed by atoms with E-state index in [0.29, 0.717) is 45.2 Å². The molecule has 2 aliphatic carbocycles. The topological polar surface area (TPSA) is 67.9 Å². The number of allylic oxidation sites excluding steroid dienone is 2. The lowest BCUT2D eigenvalue weighted by molar-refractivity contribution is -0.155. The Morgan fingerprint density at radius 1 is 1.09 bits per heavy atom. The molecule has 23 heavy (non-hydrogen) atoms. The summed E-state index contributed by atoms with van der Waals surface area (Å²) in [5.74, 6) is -0.976. The van der Waals surface area contributed by atoms with Gasteiger partial charge in [-0.3, -0.25) is 9.59 Å². The zero-order valence-corrected chi connectivity index (χ0v) is 13.3. The smallest absolute Gasteiger partial charge is 0.227 e. The minimum Gasteiger partial charge on any atom is -0.353 e. The van der Waals surface area contributed by atoms with Crippen molar-refractivity contribution in [2.24, 2.45) is 11.8 Å². The molecule has 1 N–H and O–H groups in total. The molecule has 1 spiro atoms. The molecule has 4 aliphatic rings. The first-order valence-corrected chi connectivity index (χ1v) is 8.69. The average Bonchev–Trinajstić information content (AvgIpc) is 3.11. The number of carbonyl (C=O) groups is 2. The van der Waals surface area contributed by atoms with E-state index in [-0.39, 0.29) is 23.7 Å². The van der Waals surface area contributed by atoms with Crippen LogP contribution in [0.25, 0.3) is 0 Å². The van der Waals surface area contributed by atoms with Crippen LogP contribution in [0.5, 0.6) is 0 Å². The van der Waals surface area contributed by atoms with Crippen LogP contribution in [0.2, 0.25) is 0 Å². The van der Waals surface area contributed by atoms with Crippen LogP contribution in [-0.2, 0) is 19.1 Å². The van der Waals surface area contributed by atoms with Gasteiger partial charge in [0, 0.05) is 19.0 Å². The van der Waals surface area contributed by atoms with E-state index in [9.17, 15) is 9.59 Å². The number of hydrogen-bond acceptors (Lipinski definition) is 4. The van der Waals surface area contributed by atoms with Crippen molar-refractivity contribution in [3.05, 3.63) is 12.2 Å². The van der Waals surface area contributed by atoms with Gasteiger partial charge in [-0.2, -0.15) is 0 Å². The normalized spacial score (nSPS) is 32.4. The molecule has 6 heteroatoms. The van der Waals surface area contributed by atoms with E-state index in [1.54, 1.807) is 0 Å². The van der Waals surface area contributed by atoms with E-state index in [4.69, 9.17) is 9.47 Å². The number of nitrogens with one attached hydrogen (secondary N) is 1. The van der Waals surface area contributed by atoms with Crippen molar-refractivity contribution in [3.8, 4) is 0 Å². The minimum atomic E-state index is -0.591. The van der Waals surface area contributed by atoms with Crippen LogP contribution in [0.3, 0.4) is 0 Å². The molecule has 0 bridgehead atoms. The fourth-order valence-electron chi connectivity index (χ4n) is 3.82. The van der Waals surface area contributed by atoms with Gasteiger partial charge in [-0.15, -0.1) is 0 Å². The highest BCUT2D eigenvalue weighted by Gasteiger charge is 2.47. The molecule has 4 rings (SSSR count). The molecule has 126 valence electrons. The Morgan fingerprint density at radius 2 is 1.78 bits per heavy atom. The van der Waals surface area contributed by atoms with Gasteiger partial charge in [0.1, 0.15) is 0 Å². The van der Waals surface area contributed by atoms with Crippen LogP contribution in [0.1, 0.15) is 32.1 Å². The first-order valence-electron chi connectivity index (χ1n) is 8.69. The third kappa shape index (κ3) is 3.02. The third-order valence-corrected chi connectivity index (χ3v) is 5.33. The Labute approximate surface area is 136 Å². The quantitative estimate of drug-likeness (QED) is 0.782. The first kappa shape index (κ1) is 15.1. The highest BCUT2D eigenvalue weighted by molar-refractivity contribution is 5.88. The van der Waals surface area contributed by atoms with Crippen LogP contribution in [-0.4, -0.2) is 54.8 Å². The monoisotopic (exact) mass is 320 g/mol. The SMILES string of the molecule is O=C(NC1CC1)[C@@H]1CC=CC[C@@H]1C(=O)N1CCC2(C1)OCCO2. The number of likely N-dealkylation sites (tertiary alicyclic amines) is 1. The van der Waals surface area contributed by atoms with Crippen molar-refractivity contribution >= 4 is 11.8 Å². The molecule has 0 unspecified atom stereocenters. The van der Waals surface area contributed by atoms with E-state index < -0.39 is 5.79 Å². The van der Waals surface area contributed by atoms with Crippen molar-refractivity contribution in [2.45, 2.75) is 43.9 Å². The predicted molar refractivity (Wildman–Crippen MR) is 82.4 cm³/mol. The van der Waals surface area contributed by atoms with Crippen LogP contribution < -0.4 is 5.32 Å². The van der Waals surface area contributed by atoms with Gasteiger partial charge < -0.3 is 19.7 Å². The van der Waals surface area contributed by atoms with E-state index in [2.05, 4.69) is 5.32 Å². The summed E-state index contributed by atoms with van der Waals surface area (Å²) in [5.41, 5.74) is 0. The molecule has 0 aromatic rings. The molecule has 0 radical (unpaired) electrons. The Balaban J connectivity index is 1.43. The van der Waals surface area contributed by atoms with Gasteiger partial charge in [0.05, 0.1) is 31.6 Å². The Kier molecular flexibility index (Phi) is 3.89. The summed E-state index contributed by atoms with van der Waals surface area (Å²) in [6.45, 7) is 2.33. The Bertz CT molecular complexity index is 523. The van der Waals surface area contributed by atoms with E-state index in [0.717, 1.165) is 19.3 Å². The lowest BCUT2D eigenvalue weighted by Crippen LogP contribution is -2.45. The zero-order valence-electron chi connectivity index (χ0n) is 13.3. The van der Waals surface area contributed by atoms with Gasteiger partial charge in [0.25, 0.3) is 0 Å². The number of hydrogen-bond donors (Lipinski definition) is 1. The van der Waals surface area contributed by atoms with Gasteiger partial charge in [0.2, 0.25) is 11.8 Å². The van der Waals surface area contributed by atoms with Crippen LogP contribution in [0.4, 0.5) is 0 Å². The molecule has 6 nitrogen and oxygen atoms in total. The standard InChI is InChI=1S/C17H24N2O4/c20-15(18-12-5-6-12)13-3-1-2-4-14(13)16(21)19-8-7-17(11-19)22-9-10-23-17/h1-2,12-14H,3-11H2,(H,18,20)/t13-,14+/m1/s1. The summed E-state index contributed by atoms with van der Waals surface area (Å²) in [6, 6.07) is 0.333. The number of nitrogens with zero attached hydrogens (tertiary/aromatic N) is 1. The van der Waals surface area contributed by atoms with Crippen LogP contribution >= 0.6 is 0 Å². The number of rotatable bonds is 3. The van der Waals surface area contributed by atoms with Crippen molar-refractivity contribution in [1.29, 1.82) is 0 Å². The summed E-state index contributed by atoms with van der Waals surface area (Å²) in [4.78, 5) is 27.2. The summed E-state index contributed by atoms with van der Waals surface area (Å²) in [5, 5.41) is 3.05. The first-order chi connectivity index (χ1) is 11.2. The molecule has 2 saturated heterocycles. The largest absolute Gasteiger partial charge is 0.353 e. The highest BCUT2D eigenvalue weighted by atomic mass is 16.7. The summed E-state index contributed by atoms with van der Waals surface area (Å²) >= 11 is 0. The fraction of sp³-hybridized carbons (Fsp3) is 0.765. The number of amides is 2. The average molecular weight is 320 g/mol. The van der Waals surface area contributed by atoms with Gasteiger partial charge in [-0.25, -0.2) is 0 Å². The maximum Gasteiger partial charge on any atom is 0.227 e. The van der Waals surface area contributed by atoms with E-state index in [1.165, 1.54) is 0 Å². The lowest BCUT2D eigenvalue weighted by Gasteiger charge is -2.31. The van der Waals surface area contributed by atoms with Gasteiger partial charge in [-0.05, 0) is 25.7 Å². The summed E-state index contributed by atoms with van der Waals surface area (Å²) in [6.07, 6.45) is 8.20. The lowest BCUT2D eigenvalue weighted by atomic mass is 9.81. The van der Waals surface area contributed by atoms with Gasteiger partial charge in [-0.1, -0.05) is 12.2 Å². The fourth-order valence-corrected chi connectivity index (χ4v) is 3.82. The predicted octanol–water partition coefficient (Wildman–Crippen LogP) is 0.823. The molecule has 2 atom stereocenters. The van der Waals surface area contributed by atoms with Crippen molar-refractivity contribution < 1.29 is 19.1 Å². The summed E-state index contributed by atoms with van der Waals surface area (Å²) < 4.78 is 11.4. The van der Waals surface area contributed by atoms with Crippen molar-refractivity contribution in [1.82, 2.24) is 10.2 Å². The molecule has 0 aromatic carbocycles. The Morgan fingerprint density at radius 3 is 2.48 bits per heavy atom.